The minimum Gasteiger partial charge on any atom is -0.478 e. The van der Waals surface area contributed by atoms with Crippen molar-refractivity contribution < 1.29 is 14.7 Å². The molecule has 6 heteroatoms. The lowest BCUT2D eigenvalue weighted by molar-refractivity contribution is 0.0697. The summed E-state index contributed by atoms with van der Waals surface area (Å²) in [5.74, 6) is -1.34. The highest BCUT2D eigenvalue weighted by molar-refractivity contribution is 7.14. The van der Waals surface area contributed by atoms with E-state index in [1.54, 1.807) is 6.92 Å². The molecule has 0 aliphatic carbocycles. The van der Waals surface area contributed by atoms with Crippen molar-refractivity contribution in [1.29, 1.82) is 0 Å². The van der Waals surface area contributed by atoms with Gasteiger partial charge in [0.15, 0.2) is 0 Å². The molecule has 0 unspecified atom stereocenters. The number of thiophene rings is 1. The third-order valence-electron chi connectivity index (χ3n) is 3.10. The molecule has 0 aliphatic rings. The number of hydrogen-bond donors (Lipinski definition) is 3. The molecule has 0 radical (unpaired) electrons. The van der Waals surface area contributed by atoms with Crippen molar-refractivity contribution in [1.82, 2.24) is 4.98 Å². The predicted molar refractivity (Wildman–Crippen MR) is 78.9 cm³/mol. The average molecular weight is 292 g/mol. The maximum atomic E-state index is 12.2. The van der Waals surface area contributed by atoms with E-state index in [0.29, 0.717) is 16.3 Å². The highest BCUT2D eigenvalue weighted by Crippen LogP contribution is 2.25. The van der Waals surface area contributed by atoms with Crippen molar-refractivity contribution >= 4 is 28.9 Å². The van der Waals surface area contributed by atoms with E-state index in [9.17, 15) is 9.59 Å². The fourth-order valence-corrected chi connectivity index (χ4v) is 3.08. The van der Waals surface area contributed by atoms with Crippen LogP contribution in [0.5, 0.6) is 0 Å². The molecule has 2 heterocycles. The van der Waals surface area contributed by atoms with Crippen LogP contribution in [0.3, 0.4) is 0 Å². The molecule has 2 aromatic rings. The molecule has 5 nitrogen and oxygen atoms in total. The summed E-state index contributed by atoms with van der Waals surface area (Å²) in [4.78, 5) is 27.9. The van der Waals surface area contributed by atoms with Gasteiger partial charge in [-0.05, 0) is 31.9 Å². The van der Waals surface area contributed by atoms with Crippen LogP contribution in [0.25, 0.3) is 0 Å². The van der Waals surface area contributed by atoms with E-state index >= 15 is 0 Å². The fourth-order valence-electron chi connectivity index (χ4n) is 2.07. The smallest absolute Gasteiger partial charge is 0.339 e. The predicted octanol–water partition coefficient (Wildman–Crippen LogP) is 3.21. The summed E-state index contributed by atoms with van der Waals surface area (Å²) < 4.78 is 0. The molecule has 0 bridgehead atoms. The molecule has 0 saturated heterocycles. The van der Waals surface area contributed by atoms with Crippen molar-refractivity contribution in [3.05, 3.63) is 38.8 Å². The molecule has 3 N–H and O–H groups in total. The Morgan fingerprint density at radius 3 is 2.65 bits per heavy atom. The normalized spacial score (nSPS) is 10.6. The number of nitrogens with one attached hydrogen (secondary N) is 2. The number of carbonyl (C=O) groups excluding carboxylic acids is 1. The number of amides is 1. The molecule has 20 heavy (non-hydrogen) atoms. The van der Waals surface area contributed by atoms with E-state index in [0.717, 1.165) is 12.0 Å². The molecule has 0 aromatic carbocycles. The minimum atomic E-state index is -1.06. The zero-order chi connectivity index (χ0) is 14.9. The van der Waals surface area contributed by atoms with Crippen LogP contribution in [0, 0.1) is 13.8 Å². The van der Waals surface area contributed by atoms with Crippen molar-refractivity contribution in [2.45, 2.75) is 27.2 Å². The number of H-pyrrole nitrogens is 1. The molecular weight excluding hydrogens is 276 g/mol. The molecule has 106 valence electrons. The van der Waals surface area contributed by atoms with Gasteiger partial charge in [-0.3, -0.25) is 4.79 Å². The number of aromatic amines is 1. The number of carboxylic acid groups (broad SMARTS) is 1. The monoisotopic (exact) mass is 292 g/mol. The Morgan fingerprint density at radius 1 is 1.40 bits per heavy atom. The van der Waals surface area contributed by atoms with Gasteiger partial charge >= 0.3 is 5.97 Å². The summed E-state index contributed by atoms with van der Waals surface area (Å²) in [6.07, 6.45) is 2.38. The fraction of sp³-hybridized carbons (Fsp3) is 0.286. The number of carboxylic acids is 1. The number of hydrogen-bond acceptors (Lipinski definition) is 3. The molecule has 2 aromatic heterocycles. The van der Waals surface area contributed by atoms with Gasteiger partial charge in [-0.25, -0.2) is 4.79 Å². The first kappa shape index (κ1) is 14.3. The Hall–Kier alpha value is -2.08. The first-order valence-electron chi connectivity index (χ1n) is 6.26. The topological polar surface area (TPSA) is 82.2 Å². The Morgan fingerprint density at radius 2 is 2.10 bits per heavy atom. The first-order valence-corrected chi connectivity index (χ1v) is 7.07. The summed E-state index contributed by atoms with van der Waals surface area (Å²) in [5.41, 5.74) is 2.00. The highest BCUT2D eigenvalue weighted by atomic mass is 32.1. The maximum absolute atomic E-state index is 12.2. The summed E-state index contributed by atoms with van der Waals surface area (Å²) in [7, 11) is 0. The molecular formula is C14H16N2O3S. The van der Waals surface area contributed by atoms with Crippen molar-refractivity contribution in [2.75, 3.05) is 5.32 Å². The van der Waals surface area contributed by atoms with Gasteiger partial charge in [-0.15, -0.1) is 11.3 Å². The van der Waals surface area contributed by atoms with Crippen LogP contribution >= 0.6 is 11.3 Å². The summed E-state index contributed by atoms with van der Waals surface area (Å²) in [6, 6.07) is 1.83. The molecule has 1 amide bonds. The SMILES string of the molecule is CCc1sc(C(=O)Nc2c[nH]c(C)c2C(=O)O)cc1C. The second-order valence-corrected chi connectivity index (χ2v) is 5.67. The van der Waals surface area contributed by atoms with Crippen LogP contribution < -0.4 is 5.32 Å². The first-order chi connectivity index (χ1) is 9.43. The van der Waals surface area contributed by atoms with Crippen molar-refractivity contribution in [2.24, 2.45) is 0 Å². The van der Waals surface area contributed by atoms with E-state index < -0.39 is 5.97 Å². The van der Waals surface area contributed by atoms with E-state index in [-0.39, 0.29) is 11.5 Å². The number of aromatic carboxylic acids is 1. The van der Waals surface area contributed by atoms with Gasteiger partial charge in [0.25, 0.3) is 5.91 Å². The van der Waals surface area contributed by atoms with Crippen molar-refractivity contribution in [3.8, 4) is 0 Å². The van der Waals surface area contributed by atoms with Gasteiger partial charge in [-0.1, -0.05) is 6.92 Å². The highest BCUT2D eigenvalue weighted by Gasteiger charge is 2.19. The number of aryl methyl sites for hydroxylation is 3. The van der Waals surface area contributed by atoms with Gasteiger partial charge in [0, 0.05) is 16.8 Å². The molecule has 0 fully saturated rings. The van der Waals surface area contributed by atoms with Crippen LogP contribution in [0.2, 0.25) is 0 Å². The maximum Gasteiger partial charge on any atom is 0.339 e. The van der Waals surface area contributed by atoms with E-state index in [1.807, 2.05) is 19.9 Å². The Bertz CT molecular complexity index is 670. The number of carbonyl (C=O) groups is 2. The Labute approximate surface area is 120 Å². The molecule has 0 atom stereocenters. The molecule has 2 rings (SSSR count). The third kappa shape index (κ3) is 2.60. The van der Waals surface area contributed by atoms with Crippen LogP contribution in [0.1, 0.15) is 43.1 Å². The third-order valence-corrected chi connectivity index (χ3v) is 4.49. The second kappa shape index (κ2) is 5.50. The zero-order valence-corrected chi connectivity index (χ0v) is 12.4. The van der Waals surface area contributed by atoms with Crippen LogP contribution in [0.4, 0.5) is 5.69 Å². The minimum absolute atomic E-state index is 0.0994. The van der Waals surface area contributed by atoms with Gasteiger partial charge in [0.1, 0.15) is 5.56 Å². The van der Waals surface area contributed by atoms with Gasteiger partial charge in [-0.2, -0.15) is 0 Å². The van der Waals surface area contributed by atoms with Crippen LogP contribution in [-0.2, 0) is 6.42 Å². The summed E-state index contributed by atoms with van der Waals surface area (Å²) in [6.45, 7) is 5.66. The van der Waals surface area contributed by atoms with E-state index in [1.165, 1.54) is 22.4 Å². The molecule has 0 spiro atoms. The van der Waals surface area contributed by atoms with Gasteiger partial charge < -0.3 is 15.4 Å². The largest absolute Gasteiger partial charge is 0.478 e. The standard InChI is InChI=1S/C14H16N2O3S/c1-4-10-7(2)5-11(20-10)13(17)16-9-6-15-8(3)12(9)14(18)19/h5-6,15H,4H2,1-3H3,(H,16,17)(H,18,19). The summed E-state index contributed by atoms with van der Waals surface area (Å²) in [5, 5.41) is 11.8. The Balaban J connectivity index is 2.25. The van der Waals surface area contributed by atoms with E-state index in [4.69, 9.17) is 5.11 Å². The van der Waals surface area contributed by atoms with E-state index in [2.05, 4.69) is 10.3 Å². The van der Waals surface area contributed by atoms with Gasteiger partial charge in [0.05, 0.1) is 10.6 Å². The Kier molecular flexibility index (Phi) is 3.94. The zero-order valence-electron chi connectivity index (χ0n) is 11.5. The number of rotatable bonds is 4. The average Bonchev–Trinajstić information content (AvgIpc) is 2.92. The van der Waals surface area contributed by atoms with Crippen molar-refractivity contribution in [3.63, 3.8) is 0 Å². The van der Waals surface area contributed by atoms with Crippen LogP contribution in [0.15, 0.2) is 12.3 Å². The second-order valence-electron chi connectivity index (χ2n) is 4.53. The van der Waals surface area contributed by atoms with Gasteiger partial charge in [0.2, 0.25) is 0 Å². The quantitative estimate of drug-likeness (QED) is 0.809. The number of aromatic nitrogens is 1. The lowest BCUT2D eigenvalue weighted by atomic mass is 10.2. The molecule has 0 aliphatic heterocycles. The number of anilines is 1. The lowest BCUT2D eigenvalue weighted by Crippen LogP contribution is -2.12. The summed E-state index contributed by atoms with van der Waals surface area (Å²) >= 11 is 1.44. The lowest BCUT2D eigenvalue weighted by Gasteiger charge is -2.02. The van der Waals surface area contributed by atoms with Crippen LogP contribution in [-0.4, -0.2) is 22.0 Å². The molecule has 0 saturated carbocycles.